The fourth-order valence-corrected chi connectivity index (χ4v) is 2.63. The zero-order chi connectivity index (χ0) is 13.7. The zero-order valence-corrected chi connectivity index (χ0v) is 11.0. The molecule has 2 nitrogen and oxygen atoms in total. The van der Waals surface area contributed by atoms with E-state index in [-0.39, 0.29) is 12.2 Å². The van der Waals surface area contributed by atoms with Gasteiger partial charge in [0, 0.05) is 10.6 Å². The van der Waals surface area contributed by atoms with Crippen molar-refractivity contribution in [2.45, 2.75) is 17.3 Å². The van der Waals surface area contributed by atoms with Crippen molar-refractivity contribution >= 4 is 11.8 Å². The number of rotatable bonds is 4. The minimum absolute atomic E-state index is 0.00726. The number of hydrogen-bond acceptors (Lipinski definition) is 3. The molecule has 0 amide bonds. The minimum Gasteiger partial charge on any atom is -0.392 e. The summed E-state index contributed by atoms with van der Waals surface area (Å²) in [6, 6.07) is 14.1. The quantitative estimate of drug-likeness (QED) is 0.867. The van der Waals surface area contributed by atoms with Crippen LogP contribution in [0.15, 0.2) is 47.4 Å². The van der Waals surface area contributed by atoms with Crippen LogP contribution in [0.4, 0.5) is 4.39 Å². The van der Waals surface area contributed by atoms with Crippen LogP contribution in [0.1, 0.15) is 16.7 Å². The van der Waals surface area contributed by atoms with Crippen LogP contribution in [-0.4, -0.2) is 5.11 Å². The molecule has 0 bridgehead atoms. The maximum Gasteiger partial charge on any atom is 0.144 e. The molecule has 0 radical (unpaired) electrons. The Labute approximate surface area is 115 Å². The Morgan fingerprint density at radius 2 is 2.00 bits per heavy atom. The molecule has 19 heavy (non-hydrogen) atoms. The maximum absolute atomic E-state index is 13.8. The lowest BCUT2D eigenvalue weighted by Gasteiger charge is -2.05. The monoisotopic (exact) mass is 273 g/mol. The van der Waals surface area contributed by atoms with Gasteiger partial charge in [0.1, 0.15) is 11.9 Å². The smallest absolute Gasteiger partial charge is 0.144 e. The number of halogens is 1. The molecule has 0 aromatic heterocycles. The van der Waals surface area contributed by atoms with Crippen LogP contribution >= 0.6 is 11.8 Å². The van der Waals surface area contributed by atoms with Gasteiger partial charge in [-0.1, -0.05) is 24.3 Å². The Morgan fingerprint density at radius 1 is 1.21 bits per heavy atom. The van der Waals surface area contributed by atoms with Gasteiger partial charge >= 0.3 is 0 Å². The summed E-state index contributed by atoms with van der Waals surface area (Å²) in [5.74, 6) is 0.00628. The first kappa shape index (κ1) is 13.6. The third kappa shape index (κ3) is 3.34. The minimum atomic E-state index is -0.448. The van der Waals surface area contributed by atoms with Crippen molar-refractivity contribution in [2.24, 2.45) is 0 Å². The molecule has 0 spiro atoms. The molecule has 0 fully saturated rings. The number of nitriles is 1. The highest BCUT2D eigenvalue weighted by atomic mass is 32.2. The molecule has 0 heterocycles. The van der Waals surface area contributed by atoms with Gasteiger partial charge in [-0.2, -0.15) is 5.26 Å². The van der Waals surface area contributed by atoms with Gasteiger partial charge in [-0.15, -0.1) is 11.8 Å². The molecule has 2 aromatic rings. The topological polar surface area (TPSA) is 44.0 Å². The fraction of sp³-hybridized carbons (Fsp3) is 0.133. The lowest BCUT2D eigenvalue weighted by Crippen LogP contribution is -1.92. The number of aliphatic hydroxyl groups excluding tert-OH is 1. The van der Waals surface area contributed by atoms with Crippen molar-refractivity contribution in [1.29, 1.82) is 5.26 Å². The Morgan fingerprint density at radius 3 is 2.74 bits per heavy atom. The summed E-state index contributed by atoms with van der Waals surface area (Å²) in [6.45, 7) is -0.00726. The Hall–Kier alpha value is -1.83. The van der Waals surface area contributed by atoms with Crippen molar-refractivity contribution in [3.05, 3.63) is 65.0 Å². The summed E-state index contributed by atoms with van der Waals surface area (Å²) in [6.07, 6.45) is 0. The highest BCUT2D eigenvalue weighted by Crippen LogP contribution is 2.25. The number of nitrogens with zero attached hydrogens (tertiary/aromatic N) is 1. The fourth-order valence-electron chi connectivity index (χ4n) is 1.67. The first-order valence-electron chi connectivity index (χ1n) is 5.74. The predicted molar refractivity (Wildman–Crippen MR) is 73.0 cm³/mol. The van der Waals surface area contributed by atoms with Crippen molar-refractivity contribution in [2.75, 3.05) is 0 Å². The highest BCUT2D eigenvalue weighted by Gasteiger charge is 2.07. The van der Waals surface area contributed by atoms with Crippen LogP contribution in [0.2, 0.25) is 0 Å². The summed E-state index contributed by atoms with van der Waals surface area (Å²) in [7, 11) is 0. The standard InChI is InChI=1S/C15H12FNOS/c16-15-12(8-17)4-2-5-13(15)10-19-14-6-1-3-11(7-14)9-18/h1-7,18H,9-10H2. The van der Waals surface area contributed by atoms with E-state index in [1.807, 2.05) is 30.3 Å². The Kier molecular flexibility index (Phi) is 4.56. The van der Waals surface area contributed by atoms with E-state index < -0.39 is 5.82 Å². The van der Waals surface area contributed by atoms with E-state index in [4.69, 9.17) is 10.4 Å². The molecule has 2 rings (SSSR count). The van der Waals surface area contributed by atoms with Crippen molar-refractivity contribution in [3.8, 4) is 6.07 Å². The van der Waals surface area contributed by atoms with E-state index in [1.165, 1.54) is 17.8 Å². The molecule has 96 valence electrons. The van der Waals surface area contributed by atoms with E-state index >= 15 is 0 Å². The molecule has 0 saturated carbocycles. The second-order valence-electron chi connectivity index (χ2n) is 3.98. The Bertz CT molecular complexity index is 622. The summed E-state index contributed by atoms with van der Waals surface area (Å²) in [4.78, 5) is 0.966. The molecule has 2 aromatic carbocycles. The average molecular weight is 273 g/mol. The van der Waals surface area contributed by atoms with Gasteiger partial charge in [0.15, 0.2) is 0 Å². The normalized spacial score (nSPS) is 10.2. The number of thioether (sulfide) groups is 1. The van der Waals surface area contributed by atoms with Gasteiger partial charge in [-0.05, 0) is 29.3 Å². The first-order chi connectivity index (χ1) is 9.24. The van der Waals surface area contributed by atoms with Crippen LogP contribution in [0.25, 0.3) is 0 Å². The largest absolute Gasteiger partial charge is 0.392 e. The van der Waals surface area contributed by atoms with Gasteiger partial charge in [-0.3, -0.25) is 0 Å². The van der Waals surface area contributed by atoms with E-state index in [1.54, 1.807) is 12.1 Å². The van der Waals surface area contributed by atoms with Crippen molar-refractivity contribution in [1.82, 2.24) is 0 Å². The first-order valence-corrected chi connectivity index (χ1v) is 6.73. The van der Waals surface area contributed by atoms with E-state index in [9.17, 15) is 4.39 Å². The van der Waals surface area contributed by atoms with Gasteiger partial charge in [0.25, 0.3) is 0 Å². The summed E-state index contributed by atoms with van der Waals surface area (Å²) >= 11 is 1.48. The van der Waals surface area contributed by atoms with Crippen LogP contribution in [0.3, 0.4) is 0 Å². The summed E-state index contributed by atoms with van der Waals surface area (Å²) in [5.41, 5.74) is 1.41. The maximum atomic E-state index is 13.8. The van der Waals surface area contributed by atoms with Gasteiger partial charge in [0.05, 0.1) is 12.2 Å². The van der Waals surface area contributed by atoms with E-state index in [0.717, 1.165) is 10.5 Å². The molecule has 0 aliphatic carbocycles. The van der Waals surface area contributed by atoms with Crippen molar-refractivity contribution < 1.29 is 9.50 Å². The second kappa shape index (κ2) is 6.37. The third-order valence-corrected chi connectivity index (χ3v) is 3.72. The average Bonchev–Trinajstić information content (AvgIpc) is 2.46. The molecule has 0 atom stereocenters. The lowest BCUT2D eigenvalue weighted by molar-refractivity contribution is 0.281. The van der Waals surface area contributed by atoms with Crippen LogP contribution in [0, 0.1) is 17.1 Å². The second-order valence-corrected chi connectivity index (χ2v) is 5.03. The third-order valence-electron chi connectivity index (χ3n) is 2.67. The molecule has 0 saturated heterocycles. The molecule has 0 aliphatic rings. The van der Waals surface area contributed by atoms with Gasteiger partial charge < -0.3 is 5.11 Å². The van der Waals surface area contributed by atoms with Gasteiger partial charge in [-0.25, -0.2) is 4.39 Å². The molecule has 1 N–H and O–H groups in total. The number of hydrogen-bond donors (Lipinski definition) is 1. The van der Waals surface area contributed by atoms with Crippen molar-refractivity contribution in [3.63, 3.8) is 0 Å². The molecule has 0 aliphatic heterocycles. The van der Waals surface area contributed by atoms with Crippen LogP contribution < -0.4 is 0 Å². The van der Waals surface area contributed by atoms with E-state index in [0.29, 0.717) is 11.3 Å². The zero-order valence-electron chi connectivity index (χ0n) is 10.1. The summed E-state index contributed by atoms with van der Waals surface area (Å²) in [5, 5.41) is 17.8. The summed E-state index contributed by atoms with van der Waals surface area (Å²) < 4.78 is 13.8. The van der Waals surface area contributed by atoms with Crippen LogP contribution in [-0.2, 0) is 12.4 Å². The number of benzene rings is 2. The Balaban J connectivity index is 2.12. The molecular formula is C15H12FNOS. The SMILES string of the molecule is N#Cc1cccc(CSc2cccc(CO)c2)c1F. The van der Waals surface area contributed by atoms with Crippen LogP contribution in [0.5, 0.6) is 0 Å². The molecular weight excluding hydrogens is 261 g/mol. The lowest BCUT2D eigenvalue weighted by atomic mass is 10.1. The predicted octanol–water partition coefficient (Wildman–Crippen LogP) is 3.48. The molecule has 0 unspecified atom stereocenters. The molecule has 4 heteroatoms. The highest BCUT2D eigenvalue weighted by molar-refractivity contribution is 7.98. The van der Waals surface area contributed by atoms with E-state index in [2.05, 4.69) is 0 Å². The number of aliphatic hydroxyl groups is 1. The van der Waals surface area contributed by atoms with Gasteiger partial charge in [0.2, 0.25) is 0 Å².